The van der Waals surface area contributed by atoms with Crippen molar-refractivity contribution in [1.82, 2.24) is 9.97 Å². The minimum absolute atomic E-state index is 0.122. The molecule has 0 N–H and O–H groups in total. The lowest BCUT2D eigenvalue weighted by molar-refractivity contribution is 0.436. The number of benzene rings is 8. The van der Waals surface area contributed by atoms with Crippen LogP contribution in [-0.2, 0) is 10.8 Å². The van der Waals surface area contributed by atoms with Crippen molar-refractivity contribution in [3.8, 4) is 78.8 Å². The highest BCUT2D eigenvalue weighted by Gasteiger charge is 2.51. The van der Waals surface area contributed by atoms with Crippen LogP contribution in [0, 0.1) is 0 Å². The van der Waals surface area contributed by atoms with Gasteiger partial charge in [0.15, 0.2) is 5.82 Å². The fourth-order valence-corrected chi connectivity index (χ4v) is 10.3. The predicted molar refractivity (Wildman–Crippen MR) is 239 cm³/mol. The number of ether oxygens (including phenoxy) is 1. The number of rotatable bonds is 4. The van der Waals surface area contributed by atoms with E-state index in [4.69, 9.17) is 14.7 Å². The first kappa shape index (κ1) is 33.7. The molecule has 3 nitrogen and oxygen atoms in total. The van der Waals surface area contributed by atoms with Crippen LogP contribution < -0.4 is 4.74 Å². The second-order valence-electron chi connectivity index (χ2n) is 16.5. The summed E-state index contributed by atoms with van der Waals surface area (Å²) in [5.41, 5.74) is 19.1. The fraction of sp³-hybridized carbons (Fsp3) is 0.0714. The van der Waals surface area contributed by atoms with Crippen molar-refractivity contribution < 1.29 is 4.74 Å². The van der Waals surface area contributed by atoms with Crippen LogP contribution in [0.15, 0.2) is 194 Å². The van der Waals surface area contributed by atoms with Crippen LogP contribution in [0.3, 0.4) is 0 Å². The van der Waals surface area contributed by atoms with Crippen molar-refractivity contribution in [3.05, 3.63) is 228 Å². The highest BCUT2D eigenvalue weighted by Crippen LogP contribution is 2.62. The largest absolute Gasteiger partial charge is 0.457 e. The third-order valence-corrected chi connectivity index (χ3v) is 13.0. The second kappa shape index (κ2) is 12.6. The molecule has 1 spiro atoms. The van der Waals surface area contributed by atoms with Gasteiger partial charge in [0, 0.05) is 33.2 Å². The summed E-state index contributed by atoms with van der Waals surface area (Å²) >= 11 is 0. The van der Waals surface area contributed by atoms with Gasteiger partial charge in [-0.1, -0.05) is 184 Å². The SMILES string of the molecule is CC1(C)c2ccccc2-c2ccc(-c3cc(-c4ccccc4-c4ccc5c(c4)Oc4ccccc4C54c5ccccc5-c5ccccc54)nc(-c4ccccc4)n3)cc21. The van der Waals surface area contributed by atoms with E-state index in [1.807, 2.05) is 18.2 Å². The highest BCUT2D eigenvalue weighted by molar-refractivity contribution is 5.91. The molecule has 0 unspecified atom stereocenters. The first-order valence-electron chi connectivity index (χ1n) is 20.4. The van der Waals surface area contributed by atoms with Gasteiger partial charge >= 0.3 is 0 Å². The quantitative estimate of drug-likeness (QED) is 0.179. The van der Waals surface area contributed by atoms with E-state index in [2.05, 4.69) is 190 Å². The lowest BCUT2D eigenvalue weighted by Gasteiger charge is -2.39. The molecule has 3 heteroatoms. The molecule has 0 bridgehead atoms. The van der Waals surface area contributed by atoms with Gasteiger partial charge in [0.1, 0.15) is 11.5 Å². The Morgan fingerprint density at radius 2 is 0.864 bits per heavy atom. The molecule has 12 rings (SSSR count). The molecule has 0 amide bonds. The number of hydrogen-bond donors (Lipinski definition) is 0. The maximum atomic E-state index is 6.91. The third-order valence-electron chi connectivity index (χ3n) is 13.0. The van der Waals surface area contributed by atoms with Gasteiger partial charge in [-0.15, -0.1) is 0 Å². The van der Waals surface area contributed by atoms with E-state index in [1.54, 1.807) is 0 Å². The average molecular weight is 755 g/mol. The number of aromatic nitrogens is 2. The van der Waals surface area contributed by atoms with E-state index < -0.39 is 5.41 Å². The summed E-state index contributed by atoms with van der Waals surface area (Å²) < 4.78 is 6.91. The van der Waals surface area contributed by atoms with Crippen molar-refractivity contribution in [1.29, 1.82) is 0 Å². The van der Waals surface area contributed by atoms with Gasteiger partial charge in [-0.3, -0.25) is 0 Å². The highest BCUT2D eigenvalue weighted by atomic mass is 16.5. The second-order valence-corrected chi connectivity index (χ2v) is 16.5. The summed E-state index contributed by atoms with van der Waals surface area (Å²) in [6, 6.07) is 69.7. The Hall–Kier alpha value is -7.36. The van der Waals surface area contributed by atoms with E-state index in [0.29, 0.717) is 5.82 Å². The summed E-state index contributed by atoms with van der Waals surface area (Å²) in [4.78, 5) is 10.6. The molecule has 8 aromatic carbocycles. The van der Waals surface area contributed by atoms with Crippen LogP contribution in [0.25, 0.3) is 67.3 Å². The van der Waals surface area contributed by atoms with E-state index in [1.165, 1.54) is 50.1 Å². The van der Waals surface area contributed by atoms with Crippen molar-refractivity contribution in [3.63, 3.8) is 0 Å². The number of nitrogens with zero attached hydrogens (tertiary/aromatic N) is 2. The molecular weight excluding hydrogens is 717 g/mol. The van der Waals surface area contributed by atoms with Crippen LogP contribution in [0.5, 0.6) is 11.5 Å². The van der Waals surface area contributed by atoms with E-state index in [9.17, 15) is 0 Å². The monoisotopic (exact) mass is 754 g/mol. The molecule has 0 radical (unpaired) electrons. The van der Waals surface area contributed by atoms with Crippen molar-refractivity contribution in [2.45, 2.75) is 24.7 Å². The van der Waals surface area contributed by atoms with Crippen LogP contribution in [0.4, 0.5) is 0 Å². The molecule has 0 saturated carbocycles. The third kappa shape index (κ3) is 4.82. The van der Waals surface area contributed by atoms with Crippen LogP contribution in [-0.4, -0.2) is 9.97 Å². The molecule has 2 heterocycles. The van der Waals surface area contributed by atoms with E-state index >= 15 is 0 Å². The molecular formula is C56H38N2O. The van der Waals surface area contributed by atoms with Crippen LogP contribution in [0.1, 0.15) is 47.2 Å². The summed E-state index contributed by atoms with van der Waals surface area (Å²) in [5.74, 6) is 2.44. The summed E-state index contributed by atoms with van der Waals surface area (Å²) in [7, 11) is 0. The Morgan fingerprint density at radius 3 is 1.59 bits per heavy atom. The zero-order valence-corrected chi connectivity index (χ0v) is 32.8. The molecule has 1 aliphatic heterocycles. The van der Waals surface area contributed by atoms with Crippen molar-refractivity contribution in [2.75, 3.05) is 0 Å². The zero-order chi connectivity index (χ0) is 39.3. The van der Waals surface area contributed by atoms with E-state index in [0.717, 1.165) is 56.3 Å². The fourth-order valence-electron chi connectivity index (χ4n) is 10.3. The minimum atomic E-state index is -0.507. The molecule has 0 saturated heterocycles. The lowest BCUT2D eigenvalue weighted by atomic mass is 9.66. The predicted octanol–water partition coefficient (Wildman–Crippen LogP) is 13.9. The first-order valence-corrected chi connectivity index (χ1v) is 20.4. The minimum Gasteiger partial charge on any atom is -0.457 e. The Balaban J connectivity index is 1.03. The van der Waals surface area contributed by atoms with Gasteiger partial charge in [0.2, 0.25) is 0 Å². The number of fused-ring (bicyclic) bond motifs is 12. The van der Waals surface area contributed by atoms with Crippen LogP contribution in [0.2, 0.25) is 0 Å². The Kier molecular flexibility index (Phi) is 7.19. The molecule has 9 aromatic rings. The molecule has 0 atom stereocenters. The number of para-hydroxylation sites is 1. The molecule has 0 fully saturated rings. The average Bonchev–Trinajstić information content (AvgIpc) is 3.72. The van der Waals surface area contributed by atoms with Gasteiger partial charge in [0.25, 0.3) is 0 Å². The van der Waals surface area contributed by atoms with Gasteiger partial charge < -0.3 is 4.74 Å². The molecule has 278 valence electrons. The molecule has 1 aromatic heterocycles. The molecule has 2 aliphatic carbocycles. The number of hydrogen-bond acceptors (Lipinski definition) is 3. The summed E-state index contributed by atoms with van der Waals surface area (Å²) in [6.07, 6.45) is 0. The Labute approximate surface area is 344 Å². The zero-order valence-electron chi connectivity index (χ0n) is 32.8. The van der Waals surface area contributed by atoms with Gasteiger partial charge in [0.05, 0.1) is 16.8 Å². The standard InChI is InChI=1S/C56H38N2O/c1-55(2)44-23-11-8-19-39(44)42-30-28-37(32-49(42)55)50-34-51(58-54(57-50)35-16-4-3-5-17-35)43-22-7-6-18-38(43)36-29-31-48-53(33-36)59-52-27-15-14-26-47(52)56(48)45-24-12-9-20-40(45)41-21-10-13-25-46(41)56/h3-34H,1-2H3. The summed E-state index contributed by atoms with van der Waals surface area (Å²) in [6.45, 7) is 4.65. The van der Waals surface area contributed by atoms with Crippen LogP contribution >= 0.6 is 0 Å². The Morgan fingerprint density at radius 1 is 0.339 bits per heavy atom. The first-order chi connectivity index (χ1) is 29.0. The Bertz CT molecular complexity index is 3130. The van der Waals surface area contributed by atoms with Gasteiger partial charge in [-0.05, 0) is 79.9 Å². The van der Waals surface area contributed by atoms with Gasteiger partial charge in [-0.2, -0.15) is 0 Å². The molecule has 59 heavy (non-hydrogen) atoms. The topological polar surface area (TPSA) is 35.0 Å². The van der Waals surface area contributed by atoms with Crippen molar-refractivity contribution in [2.24, 2.45) is 0 Å². The van der Waals surface area contributed by atoms with Crippen molar-refractivity contribution >= 4 is 0 Å². The van der Waals surface area contributed by atoms with Gasteiger partial charge in [-0.25, -0.2) is 9.97 Å². The van der Waals surface area contributed by atoms with E-state index in [-0.39, 0.29) is 5.41 Å². The maximum Gasteiger partial charge on any atom is 0.160 e. The normalized spacial score (nSPS) is 14.3. The lowest BCUT2D eigenvalue weighted by Crippen LogP contribution is -2.32. The maximum absolute atomic E-state index is 6.91. The summed E-state index contributed by atoms with van der Waals surface area (Å²) in [5, 5.41) is 0. The smallest absolute Gasteiger partial charge is 0.160 e. The molecule has 3 aliphatic rings.